The molecule has 1 aromatic carbocycles. The van der Waals surface area contributed by atoms with Gasteiger partial charge in [-0.25, -0.2) is 5.01 Å². The molecule has 2 heterocycles. The van der Waals surface area contributed by atoms with E-state index in [2.05, 4.69) is 15.3 Å². The smallest absolute Gasteiger partial charge is 0.250 e. The quantitative estimate of drug-likeness (QED) is 0.911. The molecule has 0 bridgehead atoms. The molecule has 0 fully saturated rings. The highest BCUT2D eigenvalue weighted by atomic mass is 32.1. The van der Waals surface area contributed by atoms with Crippen molar-refractivity contribution in [1.29, 1.82) is 0 Å². The van der Waals surface area contributed by atoms with Crippen LogP contribution in [0, 0.1) is 0 Å². The SMILES string of the molecule is NC1=NN(Cc2nnc(-c3ccccc3)s2)C(=O)C1. The minimum absolute atomic E-state index is 0.103. The highest BCUT2D eigenvalue weighted by Gasteiger charge is 2.23. The lowest BCUT2D eigenvalue weighted by molar-refractivity contribution is -0.129. The standard InChI is InChI=1S/C12H11N5OS/c13-9-6-11(18)17(16-9)7-10-14-15-12(19-10)8-4-2-1-3-5-8/h1-5H,6-7H2,(H2,13,16). The van der Waals surface area contributed by atoms with Gasteiger partial charge in [0.25, 0.3) is 5.91 Å². The van der Waals surface area contributed by atoms with Crippen LogP contribution < -0.4 is 5.73 Å². The zero-order valence-corrected chi connectivity index (χ0v) is 10.8. The molecule has 6 nitrogen and oxygen atoms in total. The third-order valence-electron chi connectivity index (χ3n) is 2.64. The van der Waals surface area contributed by atoms with Crippen LogP contribution in [0.2, 0.25) is 0 Å². The van der Waals surface area contributed by atoms with Crippen LogP contribution in [0.5, 0.6) is 0 Å². The predicted octanol–water partition coefficient (Wildman–Crippen LogP) is 1.21. The molecule has 1 aliphatic rings. The van der Waals surface area contributed by atoms with Gasteiger partial charge in [-0.3, -0.25) is 4.79 Å². The minimum atomic E-state index is -0.103. The molecule has 0 unspecified atom stereocenters. The number of aromatic nitrogens is 2. The summed E-state index contributed by atoms with van der Waals surface area (Å²) in [5.74, 6) is 0.242. The van der Waals surface area contributed by atoms with Gasteiger partial charge in [0.15, 0.2) is 0 Å². The van der Waals surface area contributed by atoms with Crippen molar-refractivity contribution in [2.75, 3.05) is 0 Å². The van der Waals surface area contributed by atoms with E-state index in [1.165, 1.54) is 16.3 Å². The van der Waals surface area contributed by atoms with Crippen LogP contribution in [0.1, 0.15) is 11.4 Å². The molecule has 0 saturated heterocycles. The van der Waals surface area contributed by atoms with Gasteiger partial charge in [-0.2, -0.15) is 5.10 Å². The summed E-state index contributed by atoms with van der Waals surface area (Å²) in [7, 11) is 0. The molecule has 0 saturated carbocycles. The maximum Gasteiger partial charge on any atom is 0.250 e. The van der Waals surface area contributed by atoms with Gasteiger partial charge >= 0.3 is 0 Å². The van der Waals surface area contributed by atoms with Crippen LogP contribution in [-0.2, 0) is 11.3 Å². The summed E-state index contributed by atoms with van der Waals surface area (Å²) in [4.78, 5) is 11.6. The molecule has 3 rings (SSSR count). The van der Waals surface area contributed by atoms with E-state index in [0.717, 1.165) is 15.6 Å². The Bertz CT molecular complexity index is 637. The van der Waals surface area contributed by atoms with Gasteiger partial charge in [-0.05, 0) is 0 Å². The topological polar surface area (TPSA) is 84.5 Å². The van der Waals surface area contributed by atoms with E-state index >= 15 is 0 Å². The Labute approximate surface area is 113 Å². The second-order valence-corrected chi connectivity index (χ2v) is 5.15. The largest absolute Gasteiger partial charge is 0.385 e. The first-order chi connectivity index (χ1) is 9.22. The summed E-state index contributed by atoms with van der Waals surface area (Å²) < 4.78 is 0. The third-order valence-corrected chi connectivity index (χ3v) is 3.60. The van der Waals surface area contributed by atoms with Gasteiger partial charge in [0.2, 0.25) is 0 Å². The van der Waals surface area contributed by atoms with Crippen molar-refractivity contribution < 1.29 is 4.79 Å². The second kappa shape index (κ2) is 4.77. The first-order valence-electron chi connectivity index (χ1n) is 5.73. The zero-order chi connectivity index (χ0) is 13.2. The molecule has 19 heavy (non-hydrogen) atoms. The van der Waals surface area contributed by atoms with E-state index in [4.69, 9.17) is 5.73 Å². The number of nitrogens with zero attached hydrogens (tertiary/aromatic N) is 4. The fourth-order valence-corrected chi connectivity index (χ4v) is 2.59. The lowest BCUT2D eigenvalue weighted by Gasteiger charge is -2.07. The second-order valence-electron chi connectivity index (χ2n) is 4.09. The molecule has 0 aliphatic carbocycles. The Morgan fingerprint density at radius 2 is 2.05 bits per heavy atom. The number of amides is 1. The van der Waals surface area contributed by atoms with E-state index in [9.17, 15) is 4.79 Å². The molecule has 0 spiro atoms. The highest BCUT2D eigenvalue weighted by Crippen LogP contribution is 2.24. The van der Waals surface area contributed by atoms with E-state index in [1.54, 1.807) is 0 Å². The maximum absolute atomic E-state index is 11.6. The van der Waals surface area contributed by atoms with Gasteiger partial charge in [-0.1, -0.05) is 41.7 Å². The Morgan fingerprint density at radius 1 is 1.26 bits per heavy atom. The third kappa shape index (κ3) is 2.45. The summed E-state index contributed by atoms with van der Waals surface area (Å²) in [6, 6.07) is 9.80. The van der Waals surface area contributed by atoms with Crippen molar-refractivity contribution >= 4 is 23.1 Å². The molecule has 0 radical (unpaired) electrons. The summed E-state index contributed by atoms with van der Waals surface area (Å²) in [5, 5.41) is 15.1. The molecule has 1 aliphatic heterocycles. The fourth-order valence-electron chi connectivity index (χ4n) is 1.76. The lowest BCUT2D eigenvalue weighted by Crippen LogP contribution is -2.20. The molecule has 2 aromatic rings. The number of nitrogens with two attached hydrogens (primary N) is 1. The monoisotopic (exact) mass is 273 g/mol. The van der Waals surface area contributed by atoms with Gasteiger partial charge in [-0.15, -0.1) is 10.2 Å². The van der Waals surface area contributed by atoms with Gasteiger partial charge < -0.3 is 5.73 Å². The van der Waals surface area contributed by atoms with E-state index in [-0.39, 0.29) is 12.3 Å². The molecule has 7 heteroatoms. The Morgan fingerprint density at radius 3 is 2.74 bits per heavy atom. The Balaban J connectivity index is 1.77. The van der Waals surface area contributed by atoms with Crippen molar-refractivity contribution in [1.82, 2.24) is 15.2 Å². The highest BCUT2D eigenvalue weighted by molar-refractivity contribution is 7.14. The van der Waals surface area contributed by atoms with Crippen LogP contribution in [0.25, 0.3) is 10.6 Å². The molecule has 0 atom stereocenters. The predicted molar refractivity (Wildman–Crippen MR) is 72.1 cm³/mol. The lowest BCUT2D eigenvalue weighted by atomic mass is 10.2. The molecule has 96 valence electrons. The summed E-state index contributed by atoms with van der Waals surface area (Å²) in [6.45, 7) is 0.323. The van der Waals surface area contributed by atoms with E-state index in [1.807, 2.05) is 30.3 Å². The van der Waals surface area contributed by atoms with Crippen LogP contribution >= 0.6 is 11.3 Å². The number of hydrogen-bond acceptors (Lipinski definition) is 6. The molecular weight excluding hydrogens is 262 g/mol. The summed E-state index contributed by atoms with van der Waals surface area (Å²) in [6.07, 6.45) is 0.185. The van der Waals surface area contributed by atoms with E-state index in [0.29, 0.717) is 12.4 Å². The van der Waals surface area contributed by atoms with Gasteiger partial charge in [0.1, 0.15) is 15.9 Å². The fraction of sp³-hybridized carbons (Fsp3) is 0.167. The zero-order valence-electron chi connectivity index (χ0n) is 9.98. The van der Waals surface area contributed by atoms with Crippen molar-refractivity contribution in [3.63, 3.8) is 0 Å². The normalized spacial score (nSPS) is 14.8. The number of carbonyl (C=O) groups is 1. The van der Waals surface area contributed by atoms with Crippen LogP contribution in [0.15, 0.2) is 35.4 Å². The Hall–Kier alpha value is -2.28. The average molecular weight is 273 g/mol. The van der Waals surface area contributed by atoms with Crippen molar-refractivity contribution in [3.05, 3.63) is 35.3 Å². The number of carbonyl (C=O) groups excluding carboxylic acids is 1. The van der Waals surface area contributed by atoms with Crippen molar-refractivity contribution in [2.45, 2.75) is 13.0 Å². The molecular formula is C12H11N5OS. The maximum atomic E-state index is 11.6. The minimum Gasteiger partial charge on any atom is -0.385 e. The van der Waals surface area contributed by atoms with Gasteiger partial charge in [0.05, 0.1) is 13.0 Å². The number of benzene rings is 1. The Kier molecular flexibility index (Phi) is 2.96. The molecule has 1 aromatic heterocycles. The first-order valence-corrected chi connectivity index (χ1v) is 6.55. The number of amidine groups is 1. The van der Waals surface area contributed by atoms with Crippen molar-refractivity contribution in [2.24, 2.45) is 10.8 Å². The van der Waals surface area contributed by atoms with Gasteiger partial charge in [0, 0.05) is 5.56 Å². The number of hydrazone groups is 1. The summed E-state index contributed by atoms with van der Waals surface area (Å²) in [5.41, 5.74) is 6.54. The van der Waals surface area contributed by atoms with Crippen LogP contribution in [0.3, 0.4) is 0 Å². The van der Waals surface area contributed by atoms with Crippen molar-refractivity contribution in [3.8, 4) is 10.6 Å². The number of rotatable bonds is 3. The molecule has 2 N–H and O–H groups in total. The van der Waals surface area contributed by atoms with E-state index < -0.39 is 0 Å². The summed E-state index contributed by atoms with van der Waals surface area (Å²) >= 11 is 1.45. The van der Waals surface area contributed by atoms with Crippen LogP contribution in [0.4, 0.5) is 0 Å². The number of hydrogen-bond donors (Lipinski definition) is 1. The molecule has 1 amide bonds. The first kappa shape index (κ1) is 11.8. The van der Waals surface area contributed by atoms with Crippen LogP contribution in [-0.4, -0.2) is 26.9 Å². The average Bonchev–Trinajstić information content (AvgIpc) is 2.99.